The number of pyridine rings is 4. The van der Waals surface area contributed by atoms with Gasteiger partial charge in [-0.15, -0.1) is 20.4 Å². The Hall–Kier alpha value is -15.5. The van der Waals surface area contributed by atoms with E-state index in [1.807, 2.05) is 53.2 Å². The number of halogens is 8. The highest BCUT2D eigenvalue weighted by Gasteiger charge is 2.49. The van der Waals surface area contributed by atoms with Crippen molar-refractivity contribution in [2.24, 2.45) is 35.0 Å². The third-order valence-electron chi connectivity index (χ3n) is 30.9. The van der Waals surface area contributed by atoms with Gasteiger partial charge < -0.3 is 93.6 Å². The second-order valence-corrected chi connectivity index (χ2v) is 40.2. The van der Waals surface area contributed by atoms with Gasteiger partial charge in [-0.05, 0) is 104 Å². The van der Waals surface area contributed by atoms with Gasteiger partial charge in [0.1, 0.15) is 45.0 Å². The second kappa shape index (κ2) is 41.7. The first-order chi connectivity index (χ1) is 71.6. The van der Waals surface area contributed by atoms with Gasteiger partial charge in [-0.3, -0.25) is 68.1 Å². The number of likely N-dealkylation sites (N-methyl/N-ethyl adjacent to an activating group) is 3. The first-order valence-electron chi connectivity index (χ1n) is 49.6. The number of fused-ring (bicyclic) bond motifs is 9. The van der Waals surface area contributed by atoms with Crippen LogP contribution in [0.25, 0.3) is 22.6 Å². The summed E-state index contributed by atoms with van der Waals surface area (Å²) >= 11 is 0. The van der Waals surface area contributed by atoms with Crippen LogP contribution in [0.3, 0.4) is 0 Å². The largest absolute Gasteiger partial charge is 0.381 e. The molecule has 12 aromatic rings. The number of anilines is 12. The van der Waals surface area contributed by atoms with Crippen LogP contribution < -0.4 is 69.1 Å². The average molecular weight is 2060 g/mol. The van der Waals surface area contributed by atoms with Gasteiger partial charge in [0.2, 0.25) is 23.6 Å². The third kappa shape index (κ3) is 20.3. The maximum Gasteiger partial charge on any atom is 0.263 e. The van der Waals surface area contributed by atoms with Gasteiger partial charge in [-0.25, -0.2) is 73.1 Å². The molecule has 149 heavy (non-hydrogen) atoms. The van der Waals surface area contributed by atoms with Crippen LogP contribution in [0.4, 0.5) is 104 Å². The number of carbonyl (C=O) groups is 8. The van der Waals surface area contributed by atoms with Crippen LogP contribution in [0, 0.1) is 81.5 Å². The van der Waals surface area contributed by atoms with Crippen LogP contribution in [0.15, 0.2) is 99.1 Å². The van der Waals surface area contributed by atoms with Gasteiger partial charge in [0.05, 0.1) is 122 Å². The summed E-state index contributed by atoms with van der Waals surface area (Å²) < 4.78 is 118. The minimum absolute atomic E-state index is 0.0503. The fraction of sp³-hybridized carbons (Fsp3) is 0.464. The predicted molar refractivity (Wildman–Crippen MR) is 531 cm³/mol. The molecule has 11 saturated heterocycles. The zero-order valence-corrected chi connectivity index (χ0v) is 82.0. The van der Waals surface area contributed by atoms with Gasteiger partial charge in [0, 0.05) is 178 Å². The molecule has 0 aliphatic carbocycles. The molecular formula is C97H112F8N36O8. The van der Waals surface area contributed by atoms with Crippen molar-refractivity contribution >= 4 is 139 Å². The van der Waals surface area contributed by atoms with E-state index in [-0.39, 0.29) is 155 Å². The number of hydrogen-bond donors (Lipinski definition) is 9. The molecular weight excluding hydrogens is 1950 g/mol. The first-order valence-corrected chi connectivity index (χ1v) is 49.6. The highest BCUT2D eigenvalue weighted by atomic mass is 19.2. The zero-order valence-electron chi connectivity index (χ0n) is 82.0. The van der Waals surface area contributed by atoms with E-state index in [1.165, 1.54) is 24.8 Å². The molecule has 11 aliphatic heterocycles. The Labute approximate surface area is 846 Å². The summed E-state index contributed by atoms with van der Waals surface area (Å²) in [6.45, 7) is 15.5. The Morgan fingerprint density at radius 2 is 0.671 bits per heavy atom. The molecule has 0 radical (unpaired) electrons. The maximum absolute atomic E-state index is 15.1. The van der Waals surface area contributed by atoms with E-state index in [9.17, 15) is 55.9 Å². The zero-order chi connectivity index (χ0) is 104. The van der Waals surface area contributed by atoms with Crippen molar-refractivity contribution < 1.29 is 73.5 Å². The van der Waals surface area contributed by atoms with E-state index in [0.29, 0.717) is 153 Å². The van der Waals surface area contributed by atoms with Crippen LogP contribution in [0.2, 0.25) is 0 Å². The van der Waals surface area contributed by atoms with Crippen molar-refractivity contribution in [1.29, 1.82) is 0 Å². The van der Waals surface area contributed by atoms with E-state index in [0.717, 1.165) is 177 Å². The third-order valence-corrected chi connectivity index (χ3v) is 30.9. The summed E-state index contributed by atoms with van der Waals surface area (Å²) in [6, 6.07) is 1.61. The molecule has 8 amide bonds. The molecule has 0 saturated carbocycles. The highest BCUT2D eigenvalue weighted by molar-refractivity contribution is 6.15. The Morgan fingerprint density at radius 3 is 0.987 bits per heavy atom. The van der Waals surface area contributed by atoms with Crippen LogP contribution in [0.5, 0.6) is 0 Å². The predicted octanol–water partition coefficient (Wildman–Crippen LogP) is 5.88. The summed E-state index contributed by atoms with van der Waals surface area (Å²) in [7, 11) is 6.29. The van der Waals surface area contributed by atoms with Crippen LogP contribution in [0.1, 0.15) is 119 Å². The molecule has 11 fully saturated rings. The Kier molecular flexibility index (Phi) is 28.2. The van der Waals surface area contributed by atoms with Crippen molar-refractivity contribution in [1.82, 2.24) is 118 Å². The molecule has 44 nitrogen and oxygen atoms in total. The molecule has 0 aromatic carbocycles. The number of hydrogen-bond acceptors (Lipinski definition) is 32. The lowest BCUT2D eigenvalue weighted by atomic mass is 9.78. The van der Waals surface area contributed by atoms with Crippen LogP contribution in [-0.4, -0.2) is 336 Å². The number of piperazine rings is 3. The number of carbonyl (C=O) groups excluding carboxylic acids is 8. The molecule has 6 unspecified atom stereocenters. The number of nitrogens with one attached hydrogen (secondary N) is 5. The lowest BCUT2D eigenvalue weighted by Crippen LogP contribution is -2.55. The number of nitrogen functional groups attached to an aromatic ring is 4. The molecule has 0 spiro atoms. The number of piperidine rings is 4. The molecule has 12 aromatic heterocycles. The molecule has 6 atom stereocenters. The summed E-state index contributed by atoms with van der Waals surface area (Å²) in [5, 5.41) is 29.8. The fourth-order valence-electron chi connectivity index (χ4n) is 22.8. The molecule has 4 bridgehead atoms. The van der Waals surface area contributed by atoms with Gasteiger partial charge >= 0.3 is 0 Å². The lowest BCUT2D eigenvalue weighted by molar-refractivity contribution is -0.144. The van der Waals surface area contributed by atoms with Crippen molar-refractivity contribution in [2.45, 2.75) is 102 Å². The number of rotatable bonds is 16. The fourth-order valence-corrected chi connectivity index (χ4v) is 22.8. The van der Waals surface area contributed by atoms with E-state index in [4.69, 9.17) is 22.9 Å². The van der Waals surface area contributed by atoms with Crippen LogP contribution in [-0.2, 0) is 19.2 Å². The Balaban J connectivity index is 0.000000120. The van der Waals surface area contributed by atoms with Gasteiger partial charge in [-0.2, -0.15) is 0 Å². The van der Waals surface area contributed by atoms with E-state index >= 15 is 17.6 Å². The number of aromatic nitrogens is 16. The van der Waals surface area contributed by atoms with Crippen LogP contribution >= 0.6 is 0 Å². The number of amides is 8. The maximum atomic E-state index is 15.1. The SMILES string of the molecule is CN1C2CCC1CN(C(=O)C1CCN(c3c(F)cncc3NC(=O)c3c(N)nn4cc(F)cnc34)CC1)C2.CN1CC2CC1CN2C(=O)C1CCN(c2c(F)cncc2NC(=O)c2c(N)nn3cc(F)cnc23)CC1.CN1CCN(C(=O)C2(C)CCN(c3c(F)cncc3NC(=O)c3c(N)nn4cc(F)cnc34)CC2)CC1.Nc1nn2cc(F)cnc2c1C(=O)Nc1cncc(F)c1N1CCC(C(=O)N2CC3CNCC3C2)CC1. The van der Waals surface area contributed by atoms with Gasteiger partial charge in [0.15, 0.2) is 92.4 Å². The molecule has 52 heteroatoms. The van der Waals surface area contributed by atoms with E-state index < -0.39 is 75.6 Å². The minimum Gasteiger partial charge on any atom is -0.381 e. The highest BCUT2D eigenvalue weighted by Crippen LogP contribution is 2.44. The van der Waals surface area contributed by atoms with Crippen molar-refractivity contribution in [2.75, 3.05) is 216 Å². The van der Waals surface area contributed by atoms with Crippen molar-refractivity contribution in [3.8, 4) is 0 Å². The number of nitrogens with two attached hydrogens (primary N) is 4. The Bertz CT molecular complexity index is 7150. The van der Waals surface area contributed by atoms with Gasteiger partial charge in [-0.1, -0.05) is 6.92 Å². The van der Waals surface area contributed by atoms with E-state index in [1.54, 1.807) is 0 Å². The lowest BCUT2D eigenvalue weighted by Gasteiger charge is -2.43. The first kappa shape index (κ1) is 101. The summed E-state index contributed by atoms with van der Waals surface area (Å²) in [5.74, 6) is -6.66. The number of likely N-dealkylation sites (tertiary alicyclic amines) is 4. The van der Waals surface area contributed by atoms with E-state index in [2.05, 4.69) is 116 Å². The topological polar surface area (TPSA) is 509 Å². The Morgan fingerprint density at radius 1 is 0.356 bits per heavy atom. The second-order valence-electron chi connectivity index (χ2n) is 40.2. The van der Waals surface area contributed by atoms with Crippen molar-refractivity contribution in [3.63, 3.8) is 0 Å². The average Bonchev–Trinajstić information content (AvgIpc) is 1.73. The van der Waals surface area contributed by atoms with Gasteiger partial charge in [0.25, 0.3) is 23.6 Å². The monoisotopic (exact) mass is 2060 g/mol. The standard InChI is InChI=1S/C25H29F2N9O2.2C24H27F2N9O2.C24H29F2N9O2/c1-33-16-2-3-17(33)13-35(12-16)25(38)14-4-6-34(7-5-14)21-18(27)9-29-10-19(21)31-24(37)20-22(28)32-36-11-15(26)8-30-23(20)36;1-32-11-16-6-15(32)12-34(16)24(37)13-2-4-33(5-3-13)20-17(26)8-28-9-18(20)30-23(36)19-21(27)31-35-10-14(25)7-29-22(19)35;25-16-7-30-22-19(21(27)32-35(22)12-16)23(36)31-18-9-29-8-17(26)20(18)33-3-1-13(2-4-33)24(37)34-10-14-5-28-6-15(14)11-34;1-24(23(37)34-9-7-32(2)8-10-34)3-5-33(6-4-24)19-16(26)12-28-13-17(19)30-22(36)18-20(27)31-35-14-15(25)11-29-21(18)35/h8-11,14,16-17H,2-7,12-13H2,1H3,(H2,28,32)(H,31,37);7-10,13,15-16H,2-6,11-12H2,1H3,(H2,27,31)(H,30,36);7-9,12-15,28H,1-6,10-11H2,(H2,27,32)(H,31,36);11-14H,3-10H2,1-2H3,(H2,27,31)(H,30,36). The van der Waals surface area contributed by atoms with Crippen molar-refractivity contribution in [3.05, 3.63) is 168 Å². The molecule has 784 valence electrons. The molecule has 11 aliphatic rings. The smallest absolute Gasteiger partial charge is 0.263 e. The summed E-state index contributed by atoms with van der Waals surface area (Å²) in [6.07, 6.45) is 25.8. The minimum atomic E-state index is -0.674. The molecule has 23 rings (SSSR count). The molecule has 13 N–H and O–H groups in total. The quantitative estimate of drug-likeness (QED) is 0.0510. The molecule has 23 heterocycles. The number of nitrogens with zero attached hydrogens (tertiary/aromatic N) is 27. The normalized spacial score (nSPS) is 21.2. The summed E-state index contributed by atoms with van der Waals surface area (Å²) in [5.41, 5.74) is 24.6. The summed E-state index contributed by atoms with van der Waals surface area (Å²) in [4.78, 5) is 159.